The molecule has 20 heavy (non-hydrogen) atoms. The van der Waals surface area contributed by atoms with Crippen LogP contribution in [-0.2, 0) is 0 Å². The van der Waals surface area contributed by atoms with E-state index < -0.39 is 0 Å². The van der Waals surface area contributed by atoms with Gasteiger partial charge >= 0.3 is 0 Å². The third kappa shape index (κ3) is 3.71. The molecule has 5 nitrogen and oxygen atoms in total. The number of fused-ring (bicyclic) bond motifs is 1. The first kappa shape index (κ1) is 14.8. The van der Waals surface area contributed by atoms with Crippen molar-refractivity contribution in [3.63, 3.8) is 0 Å². The Kier molecular flexibility index (Phi) is 4.98. The molecule has 0 aromatic heterocycles. The number of ether oxygens (including phenoxy) is 1. The minimum Gasteiger partial charge on any atom is -0.490 e. The molecule has 0 saturated carbocycles. The van der Waals surface area contributed by atoms with E-state index >= 15 is 0 Å². The molecule has 2 N–H and O–H groups in total. The number of hydrogen-bond acceptors (Lipinski definition) is 5. The van der Waals surface area contributed by atoms with Gasteiger partial charge in [-0.25, -0.2) is 0 Å². The van der Waals surface area contributed by atoms with Gasteiger partial charge in [0, 0.05) is 25.2 Å². The van der Waals surface area contributed by atoms with E-state index in [0.717, 1.165) is 31.1 Å². The molecule has 1 unspecified atom stereocenters. The first-order valence-corrected chi connectivity index (χ1v) is 7.01. The van der Waals surface area contributed by atoms with Gasteiger partial charge in [-0.15, -0.1) is 0 Å². The van der Waals surface area contributed by atoms with E-state index in [1.807, 2.05) is 39.2 Å². The molecule has 0 amide bonds. The summed E-state index contributed by atoms with van der Waals surface area (Å²) < 4.78 is 5.51. The van der Waals surface area contributed by atoms with Crippen molar-refractivity contribution in [3.05, 3.63) is 23.8 Å². The van der Waals surface area contributed by atoms with Gasteiger partial charge in [-0.1, -0.05) is 0 Å². The molecule has 1 aromatic rings. The SMILES string of the molecule is CC(NCCN(C)C)C(=O)c1ccc2c(c1)NCCO2. The molecular formula is C15H23N3O2. The molecule has 1 atom stereocenters. The van der Waals surface area contributed by atoms with Crippen molar-refractivity contribution in [1.82, 2.24) is 10.2 Å². The molecule has 0 radical (unpaired) electrons. The Morgan fingerprint density at radius 1 is 1.50 bits per heavy atom. The number of nitrogens with one attached hydrogen (secondary N) is 2. The smallest absolute Gasteiger partial charge is 0.179 e. The van der Waals surface area contributed by atoms with Crippen LogP contribution in [0.2, 0.25) is 0 Å². The zero-order valence-electron chi connectivity index (χ0n) is 12.4. The molecule has 0 saturated heterocycles. The van der Waals surface area contributed by atoms with Gasteiger partial charge in [0.1, 0.15) is 12.4 Å². The van der Waals surface area contributed by atoms with Gasteiger partial charge in [0.2, 0.25) is 0 Å². The summed E-state index contributed by atoms with van der Waals surface area (Å²) in [6.45, 7) is 5.06. The van der Waals surface area contributed by atoms with E-state index in [-0.39, 0.29) is 11.8 Å². The Hall–Kier alpha value is -1.59. The van der Waals surface area contributed by atoms with Crippen LogP contribution in [0.3, 0.4) is 0 Å². The molecule has 0 aliphatic carbocycles. The van der Waals surface area contributed by atoms with E-state index in [9.17, 15) is 4.79 Å². The molecule has 0 bridgehead atoms. The summed E-state index contributed by atoms with van der Waals surface area (Å²) in [7, 11) is 4.03. The summed E-state index contributed by atoms with van der Waals surface area (Å²) >= 11 is 0. The van der Waals surface area contributed by atoms with E-state index in [0.29, 0.717) is 12.2 Å². The van der Waals surface area contributed by atoms with Crippen LogP contribution < -0.4 is 15.4 Å². The van der Waals surface area contributed by atoms with Crippen molar-refractivity contribution < 1.29 is 9.53 Å². The predicted molar refractivity (Wildman–Crippen MR) is 80.8 cm³/mol. The third-order valence-electron chi connectivity index (χ3n) is 3.34. The minimum absolute atomic E-state index is 0.110. The van der Waals surface area contributed by atoms with E-state index in [1.165, 1.54) is 0 Å². The number of carbonyl (C=O) groups is 1. The Bertz CT molecular complexity index is 474. The predicted octanol–water partition coefficient (Wildman–Crippen LogP) is 1.21. The highest BCUT2D eigenvalue weighted by molar-refractivity contribution is 6.01. The number of likely N-dealkylation sites (N-methyl/N-ethyl adjacent to an activating group) is 1. The van der Waals surface area contributed by atoms with Crippen molar-refractivity contribution in [2.24, 2.45) is 0 Å². The van der Waals surface area contributed by atoms with Crippen molar-refractivity contribution in [2.75, 3.05) is 45.7 Å². The number of carbonyl (C=O) groups excluding carboxylic acids is 1. The highest BCUT2D eigenvalue weighted by atomic mass is 16.5. The maximum atomic E-state index is 12.4. The maximum absolute atomic E-state index is 12.4. The lowest BCUT2D eigenvalue weighted by Crippen LogP contribution is -2.38. The lowest BCUT2D eigenvalue weighted by atomic mass is 10.0. The molecule has 1 aliphatic heterocycles. The van der Waals surface area contributed by atoms with Crippen molar-refractivity contribution >= 4 is 11.5 Å². The van der Waals surface area contributed by atoms with Gasteiger partial charge in [-0.05, 0) is 39.2 Å². The maximum Gasteiger partial charge on any atom is 0.179 e. The number of hydrogen-bond donors (Lipinski definition) is 2. The third-order valence-corrected chi connectivity index (χ3v) is 3.34. The van der Waals surface area contributed by atoms with Crippen LogP contribution in [0.5, 0.6) is 5.75 Å². The fourth-order valence-corrected chi connectivity index (χ4v) is 2.14. The Labute approximate surface area is 120 Å². The van der Waals surface area contributed by atoms with Gasteiger partial charge in [0.05, 0.1) is 11.7 Å². The highest BCUT2D eigenvalue weighted by Gasteiger charge is 2.17. The van der Waals surface area contributed by atoms with Crippen LogP contribution in [0.15, 0.2) is 18.2 Å². The molecule has 5 heteroatoms. The fraction of sp³-hybridized carbons (Fsp3) is 0.533. The molecule has 1 aromatic carbocycles. The Balaban J connectivity index is 1.98. The number of Topliss-reactive ketones (excluding diaryl/α,β-unsaturated/α-hetero) is 1. The zero-order chi connectivity index (χ0) is 14.5. The lowest BCUT2D eigenvalue weighted by Gasteiger charge is -2.20. The second kappa shape index (κ2) is 6.72. The normalized spacial score (nSPS) is 15.2. The minimum atomic E-state index is -0.183. The van der Waals surface area contributed by atoms with Crippen molar-refractivity contribution in [3.8, 4) is 5.75 Å². The lowest BCUT2D eigenvalue weighted by molar-refractivity contribution is 0.0950. The number of benzene rings is 1. The van der Waals surface area contributed by atoms with Gasteiger partial charge in [-0.2, -0.15) is 0 Å². The number of anilines is 1. The number of nitrogens with zero attached hydrogens (tertiary/aromatic N) is 1. The Morgan fingerprint density at radius 3 is 3.05 bits per heavy atom. The largest absolute Gasteiger partial charge is 0.490 e. The molecule has 1 heterocycles. The molecular weight excluding hydrogens is 254 g/mol. The summed E-state index contributed by atoms with van der Waals surface area (Å²) in [5.74, 6) is 0.931. The topological polar surface area (TPSA) is 53.6 Å². The molecule has 0 fully saturated rings. The van der Waals surface area contributed by atoms with Gasteiger partial charge in [-0.3, -0.25) is 4.79 Å². The average Bonchev–Trinajstić information content (AvgIpc) is 2.45. The summed E-state index contributed by atoms with van der Waals surface area (Å²) in [5, 5.41) is 6.50. The second-order valence-corrected chi connectivity index (χ2v) is 5.33. The van der Waals surface area contributed by atoms with Crippen LogP contribution in [0.25, 0.3) is 0 Å². The first-order chi connectivity index (χ1) is 9.58. The Morgan fingerprint density at radius 2 is 2.30 bits per heavy atom. The van der Waals surface area contributed by atoms with Crippen molar-refractivity contribution in [2.45, 2.75) is 13.0 Å². The molecule has 2 rings (SSSR count). The standard InChI is InChI=1S/C15H23N3O2/c1-11(16-6-8-18(2)3)15(19)12-4-5-14-13(10-12)17-7-9-20-14/h4-5,10-11,16-17H,6-9H2,1-3H3. The van der Waals surface area contributed by atoms with E-state index in [1.54, 1.807) is 0 Å². The summed E-state index contributed by atoms with van der Waals surface area (Å²) in [5.41, 5.74) is 1.62. The number of rotatable bonds is 6. The molecule has 110 valence electrons. The molecule has 1 aliphatic rings. The second-order valence-electron chi connectivity index (χ2n) is 5.33. The molecule has 0 spiro atoms. The van der Waals surface area contributed by atoms with Crippen LogP contribution >= 0.6 is 0 Å². The van der Waals surface area contributed by atoms with E-state index in [4.69, 9.17) is 4.74 Å². The number of ketones is 1. The average molecular weight is 277 g/mol. The summed E-state index contributed by atoms with van der Waals surface area (Å²) in [4.78, 5) is 14.4. The summed E-state index contributed by atoms with van der Waals surface area (Å²) in [6, 6.07) is 5.39. The van der Waals surface area contributed by atoms with Gasteiger partial charge in [0.15, 0.2) is 5.78 Å². The van der Waals surface area contributed by atoms with Gasteiger partial charge < -0.3 is 20.3 Å². The van der Waals surface area contributed by atoms with Crippen LogP contribution in [0, 0.1) is 0 Å². The quantitative estimate of drug-likeness (QED) is 0.766. The first-order valence-electron chi connectivity index (χ1n) is 7.01. The van der Waals surface area contributed by atoms with Crippen LogP contribution in [-0.4, -0.2) is 57.1 Å². The van der Waals surface area contributed by atoms with Crippen molar-refractivity contribution in [1.29, 1.82) is 0 Å². The monoisotopic (exact) mass is 277 g/mol. The zero-order valence-corrected chi connectivity index (χ0v) is 12.4. The highest BCUT2D eigenvalue weighted by Crippen LogP contribution is 2.28. The van der Waals surface area contributed by atoms with E-state index in [2.05, 4.69) is 15.5 Å². The van der Waals surface area contributed by atoms with Crippen LogP contribution in [0.4, 0.5) is 5.69 Å². The summed E-state index contributed by atoms with van der Waals surface area (Å²) in [6.07, 6.45) is 0. The fourth-order valence-electron chi connectivity index (χ4n) is 2.14. The van der Waals surface area contributed by atoms with Crippen LogP contribution in [0.1, 0.15) is 17.3 Å². The van der Waals surface area contributed by atoms with Gasteiger partial charge in [0.25, 0.3) is 0 Å².